The summed E-state index contributed by atoms with van der Waals surface area (Å²) in [5, 5.41) is 8.81. The van der Waals surface area contributed by atoms with Crippen molar-refractivity contribution in [1.82, 2.24) is 4.90 Å². The standard InChI is InChI=1S/C10H15NO6/c1-6(7(12)16-5)11(8(13)14)9(15)17-10(2,3)4/h1H2,2-5H3,(H,13,14). The van der Waals surface area contributed by atoms with E-state index in [1.54, 1.807) is 20.8 Å². The summed E-state index contributed by atoms with van der Waals surface area (Å²) in [6.45, 7) is 7.85. The largest absolute Gasteiger partial charge is 0.464 e. The number of carbonyl (C=O) groups is 3. The van der Waals surface area contributed by atoms with E-state index in [4.69, 9.17) is 9.84 Å². The normalized spacial score (nSPS) is 10.4. The number of ether oxygens (including phenoxy) is 2. The average Bonchev–Trinajstić information content (AvgIpc) is 2.12. The molecule has 0 spiro atoms. The van der Waals surface area contributed by atoms with Gasteiger partial charge in [-0.3, -0.25) is 0 Å². The molecule has 0 radical (unpaired) electrons. The fourth-order valence-electron chi connectivity index (χ4n) is 0.820. The second-order valence-corrected chi connectivity index (χ2v) is 4.04. The molecule has 0 saturated carbocycles. The zero-order valence-electron chi connectivity index (χ0n) is 10.1. The van der Waals surface area contributed by atoms with Gasteiger partial charge in [0.05, 0.1) is 7.11 Å². The summed E-state index contributed by atoms with van der Waals surface area (Å²) in [7, 11) is 1.04. The summed E-state index contributed by atoms with van der Waals surface area (Å²) in [6, 6.07) is 0. The van der Waals surface area contributed by atoms with Gasteiger partial charge < -0.3 is 14.6 Å². The highest BCUT2D eigenvalue weighted by atomic mass is 16.6. The van der Waals surface area contributed by atoms with Gasteiger partial charge in [0.1, 0.15) is 11.3 Å². The fourth-order valence-corrected chi connectivity index (χ4v) is 0.820. The van der Waals surface area contributed by atoms with Crippen molar-refractivity contribution in [2.75, 3.05) is 7.11 Å². The molecular weight excluding hydrogens is 230 g/mol. The van der Waals surface area contributed by atoms with Gasteiger partial charge in [-0.25, -0.2) is 14.4 Å². The Balaban J connectivity index is 5.00. The first-order valence-corrected chi connectivity index (χ1v) is 4.63. The monoisotopic (exact) mass is 245 g/mol. The molecule has 2 amide bonds. The number of nitrogens with zero attached hydrogens (tertiary/aromatic N) is 1. The lowest BCUT2D eigenvalue weighted by Crippen LogP contribution is -2.41. The number of hydrogen-bond donors (Lipinski definition) is 1. The van der Waals surface area contributed by atoms with Crippen LogP contribution in [0.4, 0.5) is 9.59 Å². The van der Waals surface area contributed by atoms with E-state index in [2.05, 4.69) is 11.3 Å². The minimum Gasteiger partial charge on any atom is -0.464 e. The van der Waals surface area contributed by atoms with Crippen LogP contribution in [0.15, 0.2) is 12.3 Å². The van der Waals surface area contributed by atoms with Crippen LogP contribution >= 0.6 is 0 Å². The first-order chi connectivity index (χ1) is 7.60. The quantitative estimate of drug-likeness (QED) is 0.586. The molecule has 1 N–H and O–H groups in total. The van der Waals surface area contributed by atoms with E-state index < -0.39 is 29.5 Å². The lowest BCUT2D eigenvalue weighted by Gasteiger charge is -2.24. The van der Waals surface area contributed by atoms with Crippen LogP contribution in [0.5, 0.6) is 0 Å². The molecule has 0 fully saturated rings. The van der Waals surface area contributed by atoms with Crippen LogP contribution in [0, 0.1) is 0 Å². The Morgan fingerprint density at radius 3 is 2.00 bits per heavy atom. The molecule has 0 aromatic heterocycles. The smallest absolute Gasteiger partial charge is 0.424 e. The van der Waals surface area contributed by atoms with Crippen LogP contribution in [0.3, 0.4) is 0 Å². The van der Waals surface area contributed by atoms with Crippen molar-refractivity contribution in [3.05, 3.63) is 12.3 Å². The van der Waals surface area contributed by atoms with Crippen LogP contribution in [0.2, 0.25) is 0 Å². The van der Waals surface area contributed by atoms with Gasteiger partial charge in [-0.15, -0.1) is 0 Å². The zero-order chi connectivity index (χ0) is 13.8. The van der Waals surface area contributed by atoms with Crippen LogP contribution in [0.25, 0.3) is 0 Å². The van der Waals surface area contributed by atoms with E-state index >= 15 is 0 Å². The van der Waals surface area contributed by atoms with E-state index in [-0.39, 0.29) is 4.90 Å². The lowest BCUT2D eigenvalue weighted by atomic mass is 10.2. The van der Waals surface area contributed by atoms with E-state index in [1.165, 1.54) is 0 Å². The van der Waals surface area contributed by atoms with Gasteiger partial charge in [0, 0.05) is 0 Å². The summed E-state index contributed by atoms with van der Waals surface area (Å²) >= 11 is 0. The Labute approximate surface area is 98.6 Å². The number of imide groups is 1. The molecule has 0 saturated heterocycles. The highest BCUT2D eigenvalue weighted by Crippen LogP contribution is 2.13. The highest BCUT2D eigenvalue weighted by Gasteiger charge is 2.32. The van der Waals surface area contributed by atoms with Crippen LogP contribution < -0.4 is 0 Å². The predicted molar refractivity (Wildman–Crippen MR) is 57.3 cm³/mol. The Bertz CT molecular complexity index is 354. The first kappa shape index (κ1) is 14.9. The summed E-state index contributed by atoms with van der Waals surface area (Å²) in [6.07, 6.45) is -2.88. The molecule has 17 heavy (non-hydrogen) atoms. The van der Waals surface area contributed by atoms with Gasteiger partial charge in [-0.1, -0.05) is 6.58 Å². The van der Waals surface area contributed by atoms with Gasteiger partial charge in [-0.2, -0.15) is 4.90 Å². The van der Waals surface area contributed by atoms with Crippen LogP contribution in [-0.4, -0.2) is 40.9 Å². The summed E-state index contributed by atoms with van der Waals surface area (Å²) in [5.74, 6) is -1.03. The number of carbonyl (C=O) groups excluding carboxylic acids is 2. The molecule has 0 aromatic rings. The molecule has 0 bridgehead atoms. The van der Waals surface area contributed by atoms with Crippen LogP contribution in [0.1, 0.15) is 20.8 Å². The topological polar surface area (TPSA) is 93.1 Å². The number of carboxylic acid groups (broad SMARTS) is 1. The maximum absolute atomic E-state index is 11.5. The molecule has 0 rings (SSSR count). The maximum atomic E-state index is 11.5. The summed E-state index contributed by atoms with van der Waals surface area (Å²) in [4.78, 5) is 33.5. The number of hydrogen-bond acceptors (Lipinski definition) is 5. The molecule has 0 heterocycles. The van der Waals surface area contributed by atoms with E-state index in [1.807, 2.05) is 0 Å². The van der Waals surface area contributed by atoms with E-state index in [0.717, 1.165) is 7.11 Å². The number of amides is 2. The van der Waals surface area contributed by atoms with Crippen LogP contribution in [-0.2, 0) is 14.3 Å². The maximum Gasteiger partial charge on any atom is 0.424 e. The minimum absolute atomic E-state index is 0.0943. The molecule has 0 aliphatic carbocycles. The Morgan fingerprint density at radius 1 is 1.24 bits per heavy atom. The lowest BCUT2D eigenvalue weighted by molar-refractivity contribution is -0.137. The summed E-state index contributed by atoms with van der Waals surface area (Å²) in [5.41, 5.74) is -1.52. The molecule has 96 valence electrons. The van der Waals surface area contributed by atoms with Gasteiger partial charge in [0.2, 0.25) is 0 Å². The number of esters is 1. The van der Waals surface area contributed by atoms with Crippen molar-refractivity contribution < 1.29 is 29.0 Å². The molecule has 0 aliphatic heterocycles. The third-order valence-electron chi connectivity index (χ3n) is 1.46. The third kappa shape index (κ3) is 4.54. The van der Waals surface area contributed by atoms with E-state index in [9.17, 15) is 14.4 Å². The van der Waals surface area contributed by atoms with Crippen molar-refractivity contribution in [1.29, 1.82) is 0 Å². The molecule has 7 heteroatoms. The second kappa shape index (κ2) is 5.33. The molecular formula is C10H15NO6. The SMILES string of the molecule is C=C(C(=O)OC)N(C(=O)O)C(=O)OC(C)(C)C. The average molecular weight is 245 g/mol. The summed E-state index contributed by atoms with van der Waals surface area (Å²) < 4.78 is 9.09. The molecule has 0 aromatic carbocycles. The zero-order valence-corrected chi connectivity index (χ0v) is 10.1. The third-order valence-corrected chi connectivity index (χ3v) is 1.46. The number of methoxy groups -OCH3 is 1. The second-order valence-electron chi connectivity index (χ2n) is 4.04. The molecule has 0 aliphatic rings. The fraction of sp³-hybridized carbons (Fsp3) is 0.500. The Kier molecular flexibility index (Phi) is 4.69. The Hall–Kier alpha value is -2.05. The van der Waals surface area contributed by atoms with Crippen molar-refractivity contribution in [2.24, 2.45) is 0 Å². The predicted octanol–water partition coefficient (Wildman–Crippen LogP) is 1.59. The Morgan fingerprint density at radius 2 is 1.71 bits per heavy atom. The van der Waals surface area contributed by atoms with E-state index in [0.29, 0.717) is 0 Å². The molecule has 7 nitrogen and oxygen atoms in total. The van der Waals surface area contributed by atoms with Crippen molar-refractivity contribution in [3.8, 4) is 0 Å². The highest BCUT2D eigenvalue weighted by molar-refractivity contribution is 6.00. The van der Waals surface area contributed by atoms with Gasteiger partial charge in [0.25, 0.3) is 0 Å². The number of rotatable bonds is 2. The van der Waals surface area contributed by atoms with Crippen molar-refractivity contribution in [2.45, 2.75) is 26.4 Å². The van der Waals surface area contributed by atoms with Gasteiger partial charge >= 0.3 is 18.2 Å². The van der Waals surface area contributed by atoms with Crippen molar-refractivity contribution in [3.63, 3.8) is 0 Å². The van der Waals surface area contributed by atoms with Gasteiger partial charge in [0.15, 0.2) is 0 Å². The van der Waals surface area contributed by atoms with Gasteiger partial charge in [-0.05, 0) is 20.8 Å². The minimum atomic E-state index is -1.67. The first-order valence-electron chi connectivity index (χ1n) is 4.63. The van der Waals surface area contributed by atoms with Crippen molar-refractivity contribution >= 4 is 18.2 Å². The molecule has 0 atom stereocenters. The molecule has 0 unspecified atom stereocenters.